The smallest absolute Gasteiger partial charge is 0.398 e. The third-order valence-electron chi connectivity index (χ3n) is 1.71. The summed E-state index contributed by atoms with van der Waals surface area (Å²) in [6, 6.07) is 1.99. The third kappa shape index (κ3) is 2.07. The van der Waals surface area contributed by atoms with Crippen LogP contribution in [0.2, 0.25) is 5.02 Å². The molecule has 0 aromatic heterocycles. The molecule has 6 heteroatoms. The fourth-order valence-electron chi connectivity index (χ4n) is 1.04. The van der Waals surface area contributed by atoms with Gasteiger partial charge in [0.05, 0.1) is 16.3 Å². The van der Waals surface area contributed by atoms with Gasteiger partial charge in [0, 0.05) is 5.88 Å². The monoisotopic (exact) mass is 243 g/mol. The van der Waals surface area contributed by atoms with Crippen LogP contribution in [0.4, 0.5) is 18.9 Å². The Bertz CT molecular complexity index is 349. The zero-order valence-corrected chi connectivity index (χ0v) is 8.34. The summed E-state index contributed by atoms with van der Waals surface area (Å²) >= 11 is 11.0. The van der Waals surface area contributed by atoms with Crippen molar-refractivity contribution in [2.45, 2.75) is 12.1 Å². The highest BCUT2D eigenvalue weighted by Crippen LogP contribution is 2.37. The first-order valence-corrected chi connectivity index (χ1v) is 4.49. The lowest BCUT2D eigenvalue weighted by Gasteiger charge is -2.13. The molecule has 0 unspecified atom stereocenters. The number of rotatable bonds is 1. The van der Waals surface area contributed by atoms with Crippen LogP contribution in [-0.2, 0) is 12.1 Å². The SMILES string of the molecule is Nc1ccc(C(F)(F)F)c(CCl)c1Cl. The van der Waals surface area contributed by atoms with E-state index >= 15 is 0 Å². The van der Waals surface area contributed by atoms with Crippen LogP contribution >= 0.6 is 23.2 Å². The summed E-state index contributed by atoms with van der Waals surface area (Å²) < 4.78 is 37.2. The van der Waals surface area contributed by atoms with E-state index in [1.807, 2.05) is 0 Å². The zero-order valence-electron chi connectivity index (χ0n) is 6.83. The summed E-state index contributed by atoms with van der Waals surface area (Å²) in [6.07, 6.45) is -4.46. The second kappa shape index (κ2) is 3.87. The number of nitrogens with two attached hydrogens (primary N) is 1. The summed E-state index contributed by atoms with van der Waals surface area (Å²) in [7, 11) is 0. The Balaban J connectivity index is 3.39. The van der Waals surface area contributed by atoms with E-state index in [1.54, 1.807) is 0 Å². The van der Waals surface area contributed by atoms with Crippen molar-refractivity contribution in [3.63, 3.8) is 0 Å². The highest BCUT2D eigenvalue weighted by atomic mass is 35.5. The first-order chi connectivity index (χ1) is 6.38. The molecule has 14 heavy (non-hydrogen) atoms. The third-order valence-corrected chi connectivity index (χ3v) is 2.43. The summed E-state index contributed by atoms with van der Waals surface area (Å²) in [5, 5.41) is -0.130. The topological polar surface area (TPSA) is 26.0 Å². The molecule has 0 bridgehead atoms. The van der Waals surface area contributed by atoms with Crippen molar-refractivity contribution in [1.82, 2.24) is 0 Å². The van der Waals surface area contributed by atoms with Gasteiger partial charge in [0.15, 0.2) is 0 Å². The van der Waals surface area contributed by atoms with Crippen molar-refractivity contribution in [2.24, 2.45) is 0 Å². The Morgan fingerprint density at radius 2 is 1.86 bits per heavy atom. The Morgan fingerprint density at radius 1 is 1.29 bits per heavy atom. The summed E-state index contributed by atoms with van der Waals surface area (Å²) in [4.78, 5) is 0. The Morgan fingerprint density at radius 3 is 2.29 bits per heavy atom. The van der Waals surface area contributed by atoms with Crippen LogP contribution < -0.4 is 5.73 Å². The number of alkyl halides is 4. The van der Waals surface area contributed by atoms with Crippen LogP contribution in [0.3, 0.4) is 0 Å². The minimum absolute atomic E-state index is 0.0929. The van der Waals surface area contributed by atoms with Crippen LogP contribution in [0, 0.1) is 0 Å². The van der Waals surface area contributed by atoms with E-state index in [0.717, 1.165) is 12.1 Å². The van der Waals surface area contributed by atoms with E-state index in [4.69, 9.17) is 28.9 Å². The van der Waals surface area contributed by atoms with Gasteiger partial charge in [0.1, 0.15) is 0 Å². The largest absolute Gasteiger partial charge is 0.416 e. The first kappa shape index (κ1) is 11.5. The van der Waals surface area contributed by atoms with E-state index in [1.165, 1.54) is 0 Å². The second-order valence-corrected chi connectivity index (χ2v) is 3.27. The Hall–Kier alpha value is -0.610. The molecule has 0 aliphatic carbocycles. The summed E-state index contributed by atoms with van der Waals surface area (Å²) in [5.74, 6) is -0.321. The van der Waals surface area contributed by atoms with Crippen LogP contribution in [0.15, 0.2) is 12.1 Å². The molecule has 0 fully saturated rings. The second-order valence-electron chi connectivity index (χ2n) is 2.63. The fraction of sp³-hybridized carbons (Fsp3) is 0.250. The van der Waals surface area contributed by atoms with Gasteiger partial charge in [-0.05, 0) is 17.7 Å². The predicted octanol–water partition coefficient (Wildman–Crippen LogP) is 3.68. The average molecular weight is 244 g/mol. The molecule has 0 radical (unpaired) electrons. The normalized spacial score (nSPS) is 11.8. The zero-order chi connectivity index (χ0) is 10.9. The molecule has 0 saturated heterocycles. The van der Waals surface area contributed by atoms with Crippen molar-refractivity contribution in [3.05, 3.63) is 28.3 Å². The number of hydrogen-bond donors (Lipinski definition) is 1. The molecule has 2 N–H and O–H groups in total. The van der Waals surface area contributed by atoms with Gasteiger partial charge in [-0.3, -0.25) is 0 Å². The van der Waals surface area contributed by atoms with Gasteiger partial charge in [-0.25, -0.2) is 0 Å². The van der Waals surface area contributed by atoms with E-state index in [-0.39, 0.29) is 22.2 Å². The molecule has 0 aliphatic rings. The molecule has 0 spiro atoms. The van der Waals surface area contributed by atoms with Gasteiger partial charge < -0.3 is 5.73 Å². The number of anilines is 1. The molecule has 0 saturated carbocycles. The van der Waals surface area contributed by atoms with Crippen molar-refractivity contribution in [1.29, 1.82) is 0 Å². The Labute approximate surface area is 88.6 Å². The molecule has 1 rings (SSSR count). The Kier molecular flexibility index (Phi) is 3.17. The standard InChI is InChI=1S/C8H6Cl2F3N/c9-3-4-5(8(11,12)13)1-2-6(14)7(4)10/h1-2H,3,14H2. The van der Waals surface area contributed by atoms with E-state index in [2.05, 4.69) is 0 Å². The van der Waals surface area contributed by atoms with E-state index in [9.17, 15) is 13.2 Å². The molecule has 0 heterocycles. The van der Waals surface area contributed by atoms with Gasteiger partial charge in [-0.2, -0.15) is 13.2 Å². The minimum atomic E-state index is -4.46. The molecule has 1 aromatic carbocycles. The molecule has 0 aliphatic heterocycles. The lowest BCUT2D eigenvalue weighted by molar-refractivity contribution is -0.138. The number of nitrogen functional groups attached to an aromatic ring is 1. The number of benzene rings is 1. The molecule has 0 atom stereocenters. The fourth-order valence-corrected chi connectivity index (χ4v) is 1.61. The van der Waals surface area contributed by atoms with Crippen LogP contribution in [0.5, 0.6) is 0 Å². The molecule has 78 valence electrons. The van der Waals surface area contributed by atoms with Crippen molar-refractivity contribution in [3.8, 4) is 0 Å². The maximum Gasteiger partial charge on any atom is 0.416 e. The lowest BCUT2D eigenvalue weighted by atomic mass is 10.1. The van der Waals surface area contributed by atoms with Gasteiger partial charge in [0.2, 0.25) is 0 Å². The van der Waals surface area contributed by atoms with Gasteiger partial charge >= 0.3 is 6.18 Å². The van der Waals surface area contributed by atoms with E-state index < -0.39 is 11.7 Å². The highest BCUT2D eigenvalue weighted by molar-refractivity contribution is 6.34. The van der Waals surface area contributed by atoms with Gasteiger partial charge in [-0.15, -0.1) is 11.6 Å². The van der Waals surface area contributed by atoms with Crippen molar-refractivity contribution < 1.29 is 13.2 Å². The maximum atomic E-state index is 12.4. The predicted molar refractivity (Wildman–Crippen MR) is 50.4 cm³/mol. The molecule has 1 aromatic rings. The van der Waals surface area contributed by atoms with Crippen LogP contribution in [-0.4, -0.2) is 0 Å². The van der Waals surface area contributed by atoms with Crippen molar-refractivity contribution >= 4 is 28.9 Å². The van der Waals surface area contributed by atoms with Gasteiger partial charge in [-0.1, -0.05) is 11.6 Å². The molecular formula is C8H6Cl2F3N. The molecule has 1 nitrogen and oxygen atoms in total. The van der Waals surface area contributed by atoms with Crippen LogP contribution in [0.1, 0.15) is 11.1 Å². The summed E-state index contributed by atoms with van der Waals surface area (Å²) in [6.45, 7) is 0. The highest BCUT2D eigenvalue weighted by Gasteiger charge is 2.34. The van der Waals surface area contributed by atoms with E-state index in [0.29, 0.717) is 0 Å². The molecular weight excluding hydrogens is 238 g/mol. The maximum absolute atomic E-state index is 12.4. The van der Waals surface area contributed by atoms with Crippen molar-refractivity contribution in [2.75, 3.05) is 5.73 Å². The number of halogens is 5. The lowest BCUT2D eigenvalue weighted by Crippen LogP contribution is -2.09. The summed E-state index contributed by atoms with van der Waals surface area (Å²) in [5.41, 5.74) is 4.42. The van der Waals surface area contributed by atoms with Gasteiger partial charge in [0.25, 0.3) is 0 Å². The van der Waals surface area contributed by atoms with Crippen LogP contribution in [0.25, 0.3) is 0 Å². The average Bonchev–Trinajstić information content (AvgIpc) is 2.07. The number of hydrogen-bond acceptors (Lipinski definition) is 1. The quantitative estimate of drug-likeness (QED) is 0.591. The molecule has 0 amide bonds. The first-order valence-electron chi connectivity index (χ1n) is 3.58. The minimum Gasteiger partial charge on any atom is -0.398 e.